The molecule has 0 spiro atoms. The molecule has 2 bridgehead atoms. The molecule has 0 saturated carbocycles. The van der Waals surface area contributed by atoms with E-state index < -0.39 is 0 Å². The molecule has 19 heavy (non-hydrogen) atoms. The van der Waals surface area contributed by atoms with Crippen molar-refractivity contribution in [2.45, 2.75) is 56.8 Å². The van der Waals surface area contributed by atoms with Crippen molar-refractivity contribution in [3.05, 3.63) is 29.8 Å². The van der Waals surface area contributed by atoms with Gasteiger partial charge in [-0.1, -0.05) is 0 Å². The van der Waals surface area contributed by atoms with E-state index in [0.717, 1.165) is 5.56 Å². The molecule has 4 heteroatoms. The minimum absolute atomic E-state index is 0.214. The van der Waals surface area contributed by atoms with Gasteiger partial charge in [-0.05, 0) is 51.3 Å². The number of hydrogen-bond acceptors (Lipinski definition) is 3. The molecular weight excluding hydrogens is 241 g/mol. The third-order valence-corrected chi connectivity index (χ3v) is 4.84. The van der Waals surface area contributed by atoms with Crippen molar-refractivity contribution in [2.75, 3.05) is 7.05 Å². The SMILES string of the molecule is CC(c1cncc(F)c1)N(C)C1CC2CCC(C1)N2. The first-order valence-electron chi connectivity index (χ1n) is 7.22. The minimum Gasteiger partial charge on any atom is -0.311 e. The van der Waals surface area contributed by atoms with Crippen LogP contribution >= 0.6 is 0 Å². The second-order valence-corrected chi connectivity index (χ2v) is 6.04. The zero-order valence-electron chi connectivity index (χ0n) is 11.6. The predicted molar refractivity (Wildman–Crippen MR) is 73.3 cm³/mol. The molecule has 0 amide bonds. The van der Waals surface area contributed by atoms with Crippen LogP contribution in [-0.4, -0.2) is 35.1 Å². The summed E-state index contributed by atoms with van der Waals surface area (Å²) in [5, 5.41) is 3.66. The fraction of sp³-hybridized carbons (Fsp3) is 0.667. The van der Waals surface area contributed by atoms with Crippen LogP contribution in [0, 0.1) is 5.82 Å². The Labute approximate surface area is 114 Å². The van der Waals surface area contributed by atoms with Crippen LogP contribution in [0.4, 0.5) is 4.39 Å². The molecule has 0 radical (unpaired) electrons. The number of aromatic nitrogens is 1. The van der Waals surface area contributed by atoms with Crippen molar-refractivity contribution in [1.82, 2.24) is 15.2 Å². The highest BCUT2D eigenvalue weighted by Crippen LogP contribution is 2.32. The van der Waals surface area contributed by atoms with Crippen molar-refractivity contribution < 1.29 is 4.39 Å². The van der Waals surface area contributed by atoms with Crippen molar-refractivity contribution in [3.63, 3.8) is 0 Å². The molecule has 3 unspecified atom stereocenters. The maximum Gasteiger partial charge on any atom is 0.141 e. The summed E-state index contributed by atoms with van der Waals surface area (Å²) < 4.78 is 13.3. The van der Waals surface area contributed by atoms with Gasteiger partial charge >= 0.3 is 0 Å². The molecular formula is C15H22FN3. The second-order valence-electron chi connectivity index (χ2n) is 6.04. The normalized spacial score (nSPS) is 31.7. The molecule has 0 aliphatic carbocycles. The number of nitrogens with zero attached hydrogens (tertiary/aromatic N) is 2. The van der Waals surface area contributed by atoms with Gasteiger partial charge in [0.2, 0.25) is 0 Å². The monoisotopic (exact) mass is 263 g/mol. The van der Waals surface area contributed by atoms with Gasteiger partial charge in [0.05, 0.1) is 6.20 Å². The number of pyridine rings is 1. The van der Waals surface area contributed by atoms with Gasteiger partial charge in [-0.2, -0.15) is 0 Å². The summed E-state index contributed by atoms with van der Waals surface area (Å²) in [6, 6.07) is 3.78. The van der Waals surface area contributed by atoms with Crippen molar-refractivity contribution in [1.29, 1.82) is 0 Å². The van der Waals surface area contributed by atoms with Crippen molar-refractivity contribution in [2.24, 2.45) is 0 Å². The van der Waals surface area contributed by atoms with Gasteiger partial charge in [0.15, 0.2) is 0 Å². The average molecular weight is 263 g/mol. The topological polar surface area (TPSA) is 28.2 Å². The van der Waals surface area contributed by atoms with Gasteiger partial charge in [0, 0.05) is 30.4 Å². The molecule has 104 valence electrons. The number of hydrogen-bond donors (Lipinski definition) is 1. The van der Waals surface area contributed by atoms with Crippen LogP contribution in [0.3, 0.4) is 0 Å². The van der Waals surface area contributed by atoms with Crippen LogP contribution in [0.1, 0.15) is 44.2 Å². The van der Waals surface area contributed by atoms with E-state index in [1.807, 2.05) is 0 Å². The fourth-order valence-corrected chi connectivity index (χ4v) is 3.57. The summed E-state index contributed by atoms with van der Waals surface area (Å²) in [5.41, 5.74) is 0.966. The zero-order chi connectivity index (χ0) is 13.4. The van der Waals surface area contributed by atoms with E-state index in [2.05, 4.69) is 29.2 Å². The summed E-state index contributed by atoms with van der Waals surface area (Å²) in [5.74, 6) is -0.247. The Kier molecular flexibility index (Phi) is 3.54. The maximum absolute atomic E-state index is 13.3. The summed E-state index contributed by atoms with van der Waals surface area (Å²) in [6.07, 6.45) is 8.08. The molecule has 2 aliphatic heterocycles. The molecule has 2 aliphatic rings. The van der Waals surface area contributed by atoms with Gasteiger partial charge in [0.25, 0.3) is 0 Å². The summed E-state index contributed by atoms with van der Waals surface area (Å²) in [6.45, 7) is 2.14. The lowest BCUT2D eigenvalue weighted by Gasteiger charge is -2.38. The van der Waals surface area contributed by atoms with Gasteiger partial charge in [0.1, 0.15) is 5.82 Å². The van der Waals surface area contributed by atoms with Crippen LogP contribution in [0.5, 0.6) is 0 Å². The smallest absolute Gasteiger partial charge is 0.141 e. The van der Waals surface area contributed by atoms with Crippen LogP contribution < -0.4 is 5.32 Å². The van der Waals surface area contributed by atoms with E-state index >= 15 is 0 Å². The van der Waals surface area contributed by atoms with Crippen LogP contribution in [0.2, 0.25) is 0 Å². The standard InChI is InChI=1S/C15H22FN3/c1-10(11-5-12(16)9-17-8-11)19(2)15-6-13-3-4-14(7-15)18-13/h5,8-10,13-15,18H,3-4,6-7H2,1-2H3. The highest BCUT2D eigenvalue weighted by molar-refractivity contribution is 5.15. The Bertz CT molecular complexity index is 439. The average Bonchev–Trinajstić information content (AvgIpc) is 2.76. The number of halogens is 1. The van der Waals surface area contributed by atoms with E-state index in [1.54, 1.807) is 12.3 Å². The van der Waals surface area contributed by atoms with E-state index in [4.69, 9.17) is 0 Å². The minimum atomic E-state index is -0.247. The number of rotatable bonds is 3. The molecule has 0 aromatic carbocycles. The molecule has 2 saturated heterocycles. The quantitative estimate of drug-likeness (QED) is 0.908. The van der Waals surface area contributed by atoms with E-state index in [1.165, 1.54) is 31.9 Å². The molecule has 3 nitrogen and oxygen atoms in total. The molecule has 1 N–H and O–H groups in total. The van der Waals surface area contributed by atoms with Gasteiger partial charge in [-0.3, -0.25) is 9.88 Å². The molecule has 3 heterocycles. The summed E-state index contributed by atoms with van der Waals surface area (Å²) in [4.78, 5) is 6.35. The van der Waals surface area contributed by atoms with Gasteiger partial charge in [-0.25, -0.2) is 4.39 Å². The first kappa shape index (κ1) is 13.0. The van der Waals surface area contributed by atoms with Gasteiger partial charge in [-0.15, -0.1) is 0 Å². The van der Waals surface area contributed by atoms with Crippen molar-refractivity contribution in [3.8, 4) is 0 Å². The van der Waals surface area contributed by atoms with Crippen molar-refractivity contribution >= 4 is 0 Å². The number of piperidine rings is 1. The third kappa shape index (κ3) is 2.65. The van der Waals surface area contributed by atoms with E-state index in [9.17, 15) is 4.39 Å². The summed E-state index contributed by atoms with van der Waals surface area (Å²) >= 11 is 0. The second kappa shape index (κ2) is 5.17. The Morgan fingerprint density at radius 3 is 2.63 bits per heavy atom. The largest absolute Gasteiger partial charge is 0.311 e. The lowest BCUT2D eigenvalue weighted by molar-refractivity contribution is 0.132. The molecule has 2 fully saturated rings. The van der Waals surface area contributed by atoms with Crippen LogP contribution in [-0.2, 0) is 0 Å². The first-order chi connectivity index (χ1) is 9.13. The molecule has 1 aromatic rings. The van der Waals surface area contributed by atoms with E-state index in [-0.39, 0.29) is 11.9 Å². The Hall–Kier alpha value is -1.00. The van der Waals surface area contributed by atoms with E-state index in [0.29, 0.717) is 18.1 Å². The highest BCUT2D eigenvalue weighted by Gasteiger charge is 2.36. The highest BCUT2D eigenvalue weighted by atomic mass is 19.1. The lowest BCUT2D eigenvalue weighted by Crippen LogP contribution is -2.47. The zero-order valence-corrected chi connectivity index (χ0v) is 11.6. The number of nitrogens with one attached hydrogen (secondary N) is 1. The lowest BCUT2D eigenvalue weighted by atomic mass is 9.96. The molecule has 1 aromatic heterocycles. The Morgan fingerprint density at radius 2 is 2.00 bits per heavy atom. The molecule has 3 atom stereocenters. The summed E-state index contributed by atoms with van der Waals surface area (Å²) in [7, 11) is 2.16. The van der Waals surface area contributed by atoms with Gasteiger partial charge < -0.3 is 5.32 Å². The number of fused-ring (bicyclic) bond motifs is 2. The fourth-order valence-electron chi connectivity index (χ4n) is 3.57. The Balaban J connectivity index is 1.71. The predicted octanol–water partition coefficient (Wildman–Crippen LogP) is 2.50. The van der Waals surface area contributed by atoms with Crippen LogP contribution in [0.25, 0.3) is 0 Å². The maximum atomic E-state index is 13.3. The molecule has 3 rings (SSSR count). The first-order valence-corrected chi connectivity index (χ1v) is 7.22. The third-order valence-electron chi connectivity index (χ3n) is 4.84. The Morgan fingerprint density at radius 1 is 1.32 bits per heavy atom. The van der Waals surface area contributed by atoms with Crippen LogP contribution in [0.15, 0.2) is 18.5 Å².